The van der Waals surface area contributed by atoms with E-state index in [-0.39, 0.29) is 25.3 Å². The molecule has 1 rings (SSSR count). The maximum Gasteiger partial charge on any atom is 0.326 e. The van der Waals surface area contributed by atoms with Crippen molar-refractivity contribution in [3.8, 4) is 0 Å². The number of aliphatic carboxylic acids is 1. The molecule has 9 heteroatoms. The molecule has 3 amide bonds. The van der Waals surface area contributed by atoms with Gasteiger partial charge in [-0.25, -0.2) is 4.79 Å². The number of rotatable bonds is 11. The van der Waals surface area contributed by atoms with Crippen molar-refractivity contribution in [1.29, 1.82) is 0 Å². The van der Waals surface area contributed by atoms with E-state index in [1.807, 2.05) is 19.9 Å². The number of nitrogens with two attached hydrogens (primary N) is 1. The van der Waals surface area contributed by atoms with Crippen LogP contribution >= 0.6 is 0 Å². The van der Waals surface area contributed by atoms with Crippen LogP contribution in [0.25, 0.3) is 0 Å². The molecular formula is C20H30N4O5. The lowest BCUT2D eigenvalue weighted by atomic mass is 10.0. The smallest absolute Gasteiger partial charge is 0.326 e. The van der Waals surface area contributed by atoms with E-state index in [2.05, 4.69) is 16.0 Å². The lowest BCUT2D eigenvalue weighted by Crippen LogP contribution is -2.56. The second-order valence-electron chi connectivity index (χ2n) is 7.27. The zero-order chi connectivity index (χ0) is 22.0. The second-order valence-corrected chi connectivity index (χ2v) is 7.27. The van der Waals surface area contributed by atoms with Gasteiger partial charge in [-0.2, -0.15) is 0 Å². The van der Waals surface area contributed by atoms with Crippen molar-refractivity contribution in [1.82, 2.24) is 16.0 Å². The Morgan fingerprint density at radius 1 is 0.931 bits per heavy atom. The molecule has 0 saturated heterocycles. The molecule has 1 aromatic carbocycles. The molecule has 0 aliphatic heterocycles. The van der Waals surface area contributed by atoms with E-state index in [1.54, 1.807) is 24.3 Å². The molecule has 9 nitrogen and oxygen atoms in total. The minimum atomic E-state index is -1.14. The van der Waals surface area contributed by atoms with Crippen molar-refractivity contribution >= 4 is 23.7 Å². The van der Waals surface area contributed by atoms with Crippen molar-refractivity contribution < 1.29 is 24.3 Å². The Bertz CT molecular complexity index is 708. The van der Waals surface area contributed by atoms with Crippen LogP contribution in [-0.4, -0.2) is 53.5 Å². The summed E-state index contributed by atoms with van der Waals surface area (Å²) in [5, 5.41) is 16.9. The minimum absolute atomic E-state index is 0.0602. The van der Waals surface area contributed by atoms with Gasteiger partial charge >= 0.3 is 5.97 Å². The summed E-state index contributed by atoms with van der Waals surface area (Å²) in [4.78, 5) is 48.1. The van der Waals surface area contributed by atoms with Crippen LogP contribution in [-0.2, 0) is 25.6 Å². The van der Waals surface area contributed by atoms with Crippen LogP contribution in [0.2, 0.25) is 0 Å². The molecular weight excluding hydrogens is 376 g/mol. The topological polar surface area (TPSA) is 151 Å². The van der Waals surface area contributed by atoms with Gasteiger partial charge in [-0.15, -0.1) is 0 Å². The van der Waals surface area contributed by atoms with Gasteiger partial charge in [0.05, 0.1) is 6.54 Å². The fourth-order valence-electron chi connectivity index (χ4n) is 2.69. The summed E-state index contributed by atoms with van der Waals surface area (Å²) >= 11 is 0. The largest absolute Gasteiger partial charge is 0.480 e. The van der Waals surface area contributed by atoms with E-state index in [0.29, 0.717) is 0 Å². The minimum Gasteiger partial charge on any atom is -0.480 e. The number of carboxylic acid groups (broad SMARTS) is 1. The van der Waals surface area contributed by atoms with Crippen molar-refractivity contribution in [2.24, 2.45) is 11.7 Å². The summed E-state index contributed by atoms with van der Waals surface area (Å²) < 4.78 is 0. The normalized spacial score (nSPS) is 13.8. The first-order valence-electron chi connectivity index (χ1n) is 9.50. The van der Waals surface area contributed by atoms with Crippen LogP contribution in [0.15, 0.2) is 30.3 Å². The molecule has 0 saturated carbocycles. The Balaban J connectivity index is 2.94. The SMILES string of the molecule is CC(C)CC(NC(=O)C(Cc1ccccc1)NC(=O)C(C)NC(=O)CN)C(=O)O. The molecule has 0 radical (unpaired) electrons. The molecule has 0 aliphatic rings. The van der Waals surface area contributed by atoms with Gasteiger partial charge in [0.1, 0.15) is 18.1 Å². The maximum absolute atomic E-state index is 12.8. The highest BCUT2D eigenvalue weighted by molar-refractivity contribution is 5.93. The van der Waals surface area contributed by atoms with Crippen LogP contribution in [0.1, 0.15) is 32.8 Å². The summed E-state index contributed by atoms with van der Waals surface area (Å²) in [5.74, 6) is -2.75. The van der Waals surface area contributed by atoms with Crippen molar-refractivity contribution in [2.45, 2.75) is 51.7 Å². The molecule has 0 aliphatic carbocycles. The van der Waals surface area contributed by atoms with Crippen LogP contribution in [0, 0.1) is 5.92 Å². The average molecular weight is 406 g/mol. The molecule has 160 valence electrons. The molecule has 0 spiro atoms. The van der Waals surface area contributed by atoms with Gasteiger partial charge in [-0.1, -0.05) is 44.2 Å². The predicted molar refractivity (Wildman–Crippen MR) is 108 cm³/mol. The van der Waals surface area contributed by atoms with Gasteiger partial charge in [0.25, 0.3) is 0 Å². The Morgan fingerprint density at radius 2 is 1.52 bits per heavy atom. The van der Waals surface area contributed by atoms with Crippen LogP contribution < -0.4 is 21.7 Å². The maximum atomic E-state index is 12.8. The summed E-state index contributed by atoms with van der Waals surface area (Å²) in [6.45, 7) is 4.92. The standard InChI is InChI=1S/C20H30N4O5/c1-12(2)9-16(20(28)29)24-19(27)15(10-14-7-5-4-6-8-14)23-18(26)13(3)22-17(25)11-21/h4-8,12-13,15-16H,9-11,21H2,1-3H3,(H,22,25)(H,23,26)(H,24,27)(H,28,29). The fraction of sp³-hybridized carbons (Fsp3) is 0.500. The average Bonchev–Trinajstić information content (AvgIpc) is 2.66. The number of carboxylic acids is 1. The summed E-state index contributed by atoms with van der Waals surface area (Å²) in [7, 11) is 0. The van der Waals surface area contributed by atoms with Gasteiger partial charge in [0.2, 0.25) is 17.7 Å². The van der Waals surface area contributed by atoms with Gasteiger partial charge in [-0.05, 0) is 24.8 Å². The predicted octanol–water partition coefficient (Wildman–Crippen LogP) is -0.207. The summed E-state index contributed by atoms with van der Waals surface area (Å²) in [5.41, 5.74) is 6.03. The van der Waals surface area contributed by atoms with Gasteiger partial charge < -0.3 is 26.8 Å². The lowest BCUT2D eigenvalue weighted by Gasteiger charge is -2.24. The second kappa shape index (κ2) is 11.8. The van der Waals surface area contributed by atoms with Crippen LogP contribution in [0.4, 0.5) is 0 Å². The van der Waals surface area contributed by atoms with E-state index in [1.165, 1.54) is 6.92 Å². The molecule has 3 atom stereocenters. The third kappa shape index (κ3) is 8.73. The Morgan fingerprint density at radius 3 is 2.03 bits per heavy atom. The quantitative estimate of drug-likeness (QED) is 0.343. The highest BCUT2D eigenvalue weighted by atomic mass is 16.4. The third-order valence-electron chi connectivity index (χ3n) is 4.19. The molecule has 1 aromatic rings. The molecule has 0 aromatic heterocycles. The summed E-state index contributed by atoms with van der Waals surface area (Å²) in [6, 6.07) is 6.06. The molecule has 0 fully saturated rings. The number of amides is 3. The first-order valence-corrected chi connectivity index (χ1v) is 9.50. The molecule has 6 N–H and O–H groups in total. The van der Waals surface area contributed by atoms with Crippen LogP contribution in [0.3, 0.4) is 0 Å². The molecule has 0 bridgehead atoms. The monoisotopic (exact) mass is 406 g/mol. The Hall–Kier alpha value is -2.94. The number of carbonyl (C=O) groups excluding carboxylic acids is 3. The first kappa shape index (κ1) is 24.1. The van der Waals surface area contributed by atoms with E-state index in [9.17, 15) is 24.3 Å². The number of hydrogen-bond acceptors (Lipinski definition) is 5. The highest BCUT2D eigenvalue weighted by Crippen LogP contribution is 2.08. The van der Waals surface area contributed by atoms with Crippen LogP contribution in [0.5, 0.6) is 0 Å². The van der Waals surface area contributed by atoms with Gasteiger partial charge in [0, 0.05) is 6.42 Å². The van der Waals surface area contributed by atoms with Crippen molar-refractivity contribution in [3.63, 3.8) is 0 Å². The van der Waals surface area contributed by atoms with Crippen molar-refractivity contribution in [2.75, 3.05) is 6.54 Å². The summed E-state index contributed by atoms with van der Waals surface area (Å²) in [6.07, 6.45) is 0.431. The molecule has 0 heterocycles. The fourth-order valence-corrected chi connectivity index (χ4v) is 2.69. The van der Waals surface area contributed by atoms with Gasteiger partial charge in [-0.3, -0.25) is 14.4 Å². The van der Waals surface area contributed by atoms with E-state index >= 15 is 0 Å². The van der Waals surface area contributed by atoms with E-state index in [4.69, 9.17) is 5.73 Å². The molecule has 3 unspecified atom stereocenters. The van der Waals surface area contributed by atoms with Gasteiger partial charge in [0.15, 0.2) is 0 Å². The first-order chi connectivity index (χ1) is 13.6. The zero-order valence-corrected chi connectivity index (χ0v) is 17.0. The third-order valence-corrected chi connectivity index (χ3v) is 4.19. The van der Waals surface area contributed by atoms with E-state index in [0.717, 1.165) is 5.56 Å². The number of hydrogen-bond donors (Lipinski definition) is 5. The van der Waals surface area contributed by atoms with Crippen molar-refractivity contribution in [3.05, 3.63) is 35.9 Å². The number of nitrogens with one attached hydrogen (secondary N) is 3. The Kier molecular flexibility index (Phi) is 9.81. The Labute approximate surface area is 170 Å². The zero-order valence-electron chi connectivity index (χ0n) is 17.0. The van der Waals surface area contributed by atoms with E-state index < -0.39 is 41.8 Å². The lowest BCUT2D eigenvalue weighted by molar-refractivity contribution is -0.142. The molecule has 29 heavy (non-hydrogen) atoms. The number of benzene rings is 1. The number of carbonyl (C=O) groups is 4. The highest BCUT2D eigenvalue weighted by Gasteiger charge is 2.28.